The van der Waals surface area contributed by atoms with Crippen LogP contribution in [-0.2, 0) is 0 Å². The number of thiocarbonyl (C=S) groups is 1. The molecule has 0 fully saturated rings. The summed E-state index contributed by atoms with van der Waals surface area (Å²) in [5, 5.41) is 4.59. The van der Waals surface area contributed by atoms with Gasteiger partial charge in [-0.15, -0.1) is 11.3 Å². The van der Waals surface area contributed by atoms with E-state index in [9.17, 15) is 4.79 Å². The monoisotopic (exact) mass is 258 g/mol. The van der Waals surface area contributed by atoms with E-state index in [1.54, 1.807) is 18.6 Å². The lowest BCUT2D eigenvalue weighted by molar-refractivity contribution is 0.0957. The lowest BCUT2D eigenvalue weighted by Gasteiger charge is -2.02. The van der Waals surface area contributed by atoms with Gasteiger partial charge in [0.15, 0.2) is 0 Å². The first-order chi connectivity index (χ1) is 7.63. The molecule has 16 heavy (non-hydrogen) atoms. The van der Waals surface area contributed by atoms with E-state index in [0.717, 1.165) is 6.42 Å². The molecule has 0 spiro atoms. The van der Waals surface area contributed by atoms with Crippen LogP contribution in [0.4, 0.5) is 0 Å². The van der Waals surface area contributed by atoms with E-state index in [1.807, 2.05) is 0 Å². The van der Waals surface area contributed by atoms with Gasteiger partial charge in [-0.05, 0) is 12.8 Å². The maximum absolute atomic E-state index is 11.6. The van der Waals surface area contributed by atoms with E-state index in [4.69, 9.17) is 22.7 Å². The molecule has 0 unspecified atom stereocenters. The van der Waals surface area contributed by atoms with Gasteiger partial charge in [0.05, 0.1) is 17.0 Å². The highest BCUT2D eigenvalue weighted by molar-refractivity contribution is 7.80. The van der Waals surface area contributed by atoms with Crippen molar-refractivity contribution in [3.8, 4) is 5.75 Å². The second kappa shape index (κ2) is 6.44. The predicted molar refractivity (Wildman–Crippen MR) is 69.2 cm³/mol. The number of amides is 1. The number of carbonyl (C=O) groups excluding carboxylic acids is 1. The number of nitrogens with one attached hydrogen (secondary N) is 1. The molecule has 0 bridgehead atoms. The first-order valence-corrected chi connectivity index (χ1v) is 6.11. The molecule has 0 atom stereocenters. The molecule has 1 amide bonds. The van der Waals surface area contributed by atoms with Crippen LogP contribution < -0.4 is 15.8 Å². The van der Waals surface area contributed by atoms with Gasteiger partial charge in [-0.2, -0.15) is 0 Å². The van der Waals surface area contributed by atoms with Crippen molar-refractivity contribution in [1.82, 2.24) is 5.32 Å². The number of methoxy groups -OCH3 is 1. The molecule has 88 valence electrons. The molecule has 4 nitrogen and oxygen atoms in total. The third-order valence-electron chi connectivity index (χ3n) is 1.92. The first-order valence-electron chi connectivity index (χ1n) is 4.82. The molecule has 0 aliphatic rings. The highest BCUT2D eigenvalue weighted by Crippen LogP contribution is 2.20. The number of carbonyl (C=O) groups is 1. The van der Waals surface area contributed by atoms with Gasteiger partial charge in [-0.1, -0.05) is 12.2 Å². The van der Waals surface area contributed by atoms with E-state index in [-0.39, 0.29) is 5.91 Å². The van der Waals surface area contributed by atoms with Crippen molar-refractivity contribution < 1.29 is 9.53 Å². The highest BCUT2D eigenvalue weighted by atomic mass is 32.1. The average molecular weight is 258 g/mol. The van der Waals surface area contributed by atoms with Crippen LogP contribution in [0, 0.1) is 0 Å². The topological polar surface area (TPSA) is 64.3 Å². The van der Waals surface area contributed by atoms with E-state index in [0.29, 0.717) is 28.6 Å². The SMILES string of the molecule is COc1csc(C(=O)NCCCC(N)=S)c1. The fourth-order valence-electron chi connectivity index (χ4n) is 1.10. The summed E-state index contributed by atoms with van der Waals surface area (Å²) in [5.41, 5.74) is 5.35. The number of ether oxygens (including phenoxy) is 1. The van der Waals surface area contributed by atoms with Crippen molar-refractivity contribution in [2.45, 2.75) is 12.8 Å². The Hall–Kier alpha value is -1.14. The molecule has 1 heterocycles. The van der Waals surface area contributed by atoms with Crippen molar-refractivity contribution in [2.24, 2.45) is 5.73 Å². The van der Waals surface area contributed by atoms with Crippen LogP contribution in [0.25, 0.3) is 0 Å². The zero-order chi connectivity index (χ0) is 12.0. The maximum Gasteiger partial charge on any atom is 0.261 e. The molecule has 0 saturated heterocycles. The third-order valence-corrected chi connectivity index (χ3v) is 3.03. The van der Waals surface area contributed by atoms with Crippen molar-refractivity contribution in [2.75, 3.05) is 13.7 Å². The van der Waals surface area contributed by atoms with Gasteiger partial charge < -0.3 is 15.8 Å². The second-order valence-electron chi connectivity index (χ2n) is 3.18. The molecule has 1 rings (SSSR count). The number of hydrogen-bond donors (Lipinski definition) is 2. The Kier molecular flexibility index (Phi) is 5.21. The normalized spacial score (nSPS) is 9.81. The molecule has 1 aromatic rings. The second-order valence-corrected chi connectivity index (χ2v) is 4.61. The number of rotatable bonds is 6. The van der Waals surface area contributed by atoms with Gasteiger partial charge in [0.2, 0.25) is 0 Å². The molecule has 6 heteroatoms. The fourth-order valence-corrected chi connectivity index (χ4v) is 2.01. The minimum atomic E-state index is -0.0868. The molecule has 1 aromatic heterocycles. The smallest absolute Gasteiger partial charge is 0.261 e. The number of hydrogen-bond acceptors (Lipinski definition) is 4. The average Bonchev–Trinajstić information content (AvgIpc) is 2.72. The summed E-state index contributed by atoms with van der Waals surface area (Å²) in [6.45, 7) is 0.580. The molecule has 0 radical (unpaired) electrons. The lowest BCUT2D eigenvalue weighted by atomic mass is 10.3. The van der Waals surface area contributed by atoms with Crippen LogP contribution in [0.1, 0.15) is 22.5 Å². The van der Waals surface area contributed by atoms with E-state index in [1.165, 1.54) is 11.3 Å². The summed E-state index contributed by atoms with van der Waals surface area (Å²) in [5.74, 6) is 0.620. The minimum Gasteiger partial charge on any atom is -0.496 e. The zero-order valence-corrected chi connectivity index (χ0v) is 10.6. The Balaban J connectivity index is 2.32. The van der Waals surface area contributed by atoms with Gasteiger partial charge in [-0.3, -0.25) is 4.79 Å². The summed E-state index contributed by atoms with van der Waals surface area (Å²) in [4.78, 5) is 12.7. The summed E-state index contributed by atoms with van der Waals surface area (Å²) in [6, 6.07) is 1.72. The largest absolute Gasteiger partial charge is 0.496 e. The van der Waals surface area contributed by atoms with Crippen LogP contribution in [-0.4, -0.2) is 24.6 Å². The zero-order valence-electron chi connectivity index (χ0n) is 8.99. The molecule has 3 N–H and O–H groups in total. The van der Waals surface area contributed by atoms with Gasteiger partial charge in [0, 0.05) is 18.0 Å². The van der Waals surface area contributed by atoms with Crippen LogP contribution in [0.5, 0.6) is 5.75 Å². The van der Waals surface area contributed by atoms with Gasteiger partial charge >= 0.3 is 0 Å². The van der Waals surface area contributed by atoms with Crippen molar-refractivity contribution in [3.63, 3.8) is 0 Å². The Morgan fingerprint density at radius 1 is 1.69 bits per heavy atom. The first kappa shape index (κ1) is 12.9. The Morgan fingerprint density at radius 2 is 2.44 bits per heavy atom. The Bertz CT molecular complexity index is 377. The van der Waals surface area contributed by atoms with Crippen molar-refractivity contribution in [1.29, 1.82) is 0 Å². The highest BCUT2D eigenvalue weighted by Gasteiger charge is 2.08. The number of nitrogens with two attached hydrogens (primary N) is 1. The number of thiophene rings is 1. The van der Waals surface area contributed by atoms with Gasteiger partial charge in [0.1, 0.15) is 5.75 Å². The summed E-state index contributed by atoms with van der Waals surface area (Å²) in [7, 11) is 1.58. The summed E-state index contributed by atoms with van der Waals surface area (Å²) >= 11 is 6.10. The third kappa shape index (κ3) is 4.16. The van der Waals surface area contributed by atoms with Gasteiger partial charge in [0.25, 0.3) is 5.91 Å². The van der Waals surface area contributed by atoms with E-state index >= 15 is 0 Å². The molecule has 0 saturated carbocycles. The van der Waals surface area contributed by atoms with Crippen LogP contribution >= 0.6 is 23.6 Å². The van der Waals surface area contributed by atoms with E-state index in [2.05, 4.69) is 5.32 Å². The Morgan fingerprint density at radius 3 is 3.00 bits per heavy atom. The van der Waals surface area contributed by atoms with Crippen LogP contribution in [0.15, 0.2) is 11.4 Å². The maximum atomic E-state index is 11.6. The quantitative estimate of drug-likeness (QED) is 0.600. The molecular weight excluding hydrogens is 244 g/mol. The molecule has 0 aromatic carbocycles. The summed E-state index contributed by atoms with van der Waals surface area (Å²) in [6.07, 6.45) is 1.42. The van der Waals surface area contributed by atoms with E-state index < -0.39 is 0 Å². The van der Waals surface area contributed by atoms with Gasteiger partial charge in [-0.25, -0.2) is 0 Å². The predicted octanol–water partition coefficient (Wildman–Crippen LogP) is 1.55. The van der Waals surface area contributed by atoms with Crippen molar-refractivity contribution in [3.05, 3.63) is 16.3 Å². The lowest BCUT2D eigenvalue weighted by Crippen LogP contribution is -2.24. The van der Waals surface area contributed by atoms with Crippen LogP contribution in [0.3, 0.4) is 0 Å². The standard InChI is InChI=1S/C10H14N2O2S2/c1-14-7-5-8(16-6-7)10(13)12-4-2-3-9(11)15/h5-6H,2-4H2,1H3,(H2,11,15)(H,12,13). The fraction of sp³-hybridized carbons (Fsp3) is 0.400. The molecule has 0 aliphatic heterocycles. The molecule has 0 aliphatic carbocycles. The Labute approximate surface area is 104 Å². The minimum absolute atomic E-state index is 0.0868. The summed E-state index contributed by atoms with van der Waals surface area (Å²) < 4.78 is 5.00. The molecular formula is C10H14N2O2S2. The van der Waals surface area contributed by atoms with Crippen LogP contribution in [0.2, 0.25) is 0 Å². The van der Waals surface area contributed by atoms with Crippen molar-refractivity contribution >= 4 is 34.5 Å².